The molecule has 1 saturated heterocycles. The molecule has 0 aromatic carbocycles. The van der Waals surface area contributed by atoms with E-state index in [0.717, 1.165) is 4.90 Å². The molecule has 0 aromatic heterocycles. The molecular formula is C7H12N2O2Y-2. The molecule has 0 spiro atoms. The quantitative estimate of drug-likeness (QED) is 0.461. The van der Waals surface area contributed by atoms with Gasteiger partial charge in [-0.3, -0.25) is 9.59 Å². The third-order valence-electron chi connectivity index (χ3n) is 1.31. The van der Waals surface area contributed by atoms with E-state index in [-0.39, 0.29) is 52.1 Å². The molecule has 5 heteroatoms. The van der Waals surface area contributed by atoms with Gasteiger partial charge in [0.1, 0.15) is 0 Å². The van der Waals surface area contributed by atoms with Gasteiger partial charge >= 0.3 is 0 Å². The van der Waals surface area contributed by atoms with Crippen molar-refractivity contribution in [3.63, 3.8) is 0 Å². The average molecular weight is 245 g/mol. The van der Waals surface area contributed by atoms with Gasteiger partial charge in [0.15, 0.2) is 5.91 Å². The van der Waals surface area contributed by atoms with Crippen LogP contribution in [0.5, 0.6) is 0 Å². The molecule has 1 rings (SSSR count). The number of carbonyl (C=O) groups excluding carboxylic acids is 2. The fourth-order valence-corrected chi connectivity index (χ4v) is 0.657. The summed E-state index contributed by atoms with van der Waals surface area (Å²) in [5, 5.41) is 0. The Balaban J connectivity index is 0. The predicted molar refractivity (Wildman–Crippen MR) is 41.3 cm³/mol. The fraction of sp³-hybridized carbons (Fsp3) is 0.429. The van der Waals surface area contributed by atoms with Crippen LogP contribution in [0.4, 0.5) is 4.79 Å². The van der Waals surface area contributed by atoms with E-state index in [4.69, 9.17) is 0 Å². The Bertz CT molecular complexity index is 182. The minimum Gasteiger partial charge on any atom is -0.419 e. The number of nitrogens with zero attached hydrogens (tertiary/aromatic N) is 2. The van der Waals surface area contributed by atoms with Gasteiger partial charge in [0, 0.05) is 46.8 Å². The van der Waals surface area contributed by atoms with E-state index in [9.17, 15) is 9.59 Å². The molecule has 3 amide bonds. The van der Waals surface area contributed by atoms with Crippen molar-refractivity contribution in [1.82, 2.24) is 9.80 Å². The molecular weight excluding hydrogens is 233 g/mol. The summed E-state index contributed by atoms with van der Waals surface area (Å²) in [7, 11) is 3.23. The van der Waals surface area contributed by atoms with Gasteiger partial charge in [-0.1, -0.05) is 6.42 Å². The van der Waals surface area contributed by atoms with Gasteiger partial charge in [-0.15, -0.1) is 0 Å². The Labute approximate surface area is 98.2 Å². The summed E-state index contributed by atoms with van der Waals surface area (Å²) in [5.74, 6) is -0.126. The third-order valence-corrected chi connectivity index (χ3v) is 1.31. The average Bonchev–Trinajstić information content (AvgIpc) is 1.84. The molecule has 0 unspecified atom stereocenters. The van der Waals surface area contributed by atoms with Crippen LogP contribution in [0.15, 0.2) is 0 Å². The normalized spacial score (nSPS) is 13.8. The topological polar surface area (TPSA) is 40.6 Å². The van der Waals surface area contributed by atoms with E-state index < -0.39 is 0 Å². The zero-order valence-electron chi connectivity index (χ0n) is 7.57. The molecule has 1 heterocycles. The Morgan fingerprint density at radius 3 is 2.17 bits per heavy atom. The summed E-state index contributed by atoms with van der Waals surface area (Å²) in [6.07, 6.45) is 0.388. The second kappa shape index (κ2) is 5.65. The molecule has 12 heavy (non-hydrogen) atoms. The minimum absolute atomic E-state index is 0. The van der Waals surface area contributed by atoms with E-state index >= 15 is 0 Å². The Kier molecular flexibility index (Phi) is 6.85. The SMILES string of the molecule is CN(C)C(=O)N1[CH-]CC1=O.[CH3-].[Y]. The largest absolute Gasteiger partial charge is 0.419 e. The maximum Gasteiger partial charge on any atom is 0.296 e. The van der Waals surface area contributed by atoms with Crippen LogP contribution in [0.2, 0.25) is 0 Å². The summed E-state index contributed by atoms with van der Waals surface area (Å²) >= 11 is 0. The molecule has 0 saturated carbocycles. The van der Waals surface area contributed by atoms with Gasteiger partial charge in [0.25, 0.3) is 6.03 Å². The molecule has 0 aromatic rings. The first-order chi connectivity index (χ1) is 4.63. The van der Waals surface area contributed by atoms with Crippen molar-refractivity contribution in [3.8, 4) is 0 Å². The van der Waals surface area contributed by atoms with Crippen molar-refractivity contribution in [3.05, 3.63) is 14.0 Å². The molecule has 0 N–H and O–H groups in total. The first-order valence-corrected chi connectivity index (χ1v) is 2.99. The van der Waals surface area contributed by atoms with E-state index in [2.05, 4.69) is 0 Å². The van der Waals surface area contributed by atoms with E-state index in [1.165, 1.54) is 4.90 Å². The van der Waals surface area contributed by atoms with Crippen molar-refractivity contribution >= 4 is 11.9 Å². The Morgan fingerprint density at radius 2 is 2.08 bits per heavy atom. The fourth-order valence-electron chi connectivity index (χ4n) is 0.657. The first-order valence-electron chi connectivity index (χ1n) is 2.99. The molecule has 0 aliphatic carbocycles. The summed E-state index contributed by atoms with van der Waals surface area (Å²) in [4.78, 5) is 24.0. The van der Waals surface area contributed by atoms with Crippen LogP contribution in [0.3, 0.4) is 0 Å². The number of carbonyl (C=O) groups is 2. The van der Waals surface area contributed by atoms with Gasteiger partial charge in [0.2, 0.25) is 0 Å². The van der Waals surface area contributed by atoms with Crippen molar-refractivity contribution in [1.29, 1.82) is 0 Å². The zero-order valence-corrected chi connectivity index (χ0v) is 10.4. The van der Waals surface area contributed by atoms with Gasteiger partial charge in [-0.25, -0.2) is 6.54 Å². The van der Waals surface area contributed by atoms with Crippen molar-refractivity contribution in [2.45, 2.75) is 6.42 Å². The van der Waals surface area contributed by atoms with Crippen molar-refractivity contribution in [2.24, 2.45) is 0 Å². The number of amides is 3. The minimum atomic E-state index is -0.267. The van der Waals surface area contributed by atoms with Crippen molar-refractivity contribution < 1.29 is 42.3 Å². The second-order valence-corrected chi connectivity index (χ2v) is 2.33. The van der Waals surface area contributed by atoms with Crippen LogP contribution in [0.25, 0.3) is 0 Å². The summed E-state index contributed by atoms with van der Waals surface area (Å²) < 4.78 is 0. The van der Waals surface area contributed by atoms with Crippen LogP contribution >= 0.6 is 0 Å². The summed E-state index contributed by atoms with van der Waals surface area (Å²) in [5.41, 5.74) is 0. The van der Waals surface area contributed by atoms with Gasteiger partial charge in [0.05, 0.1) is 0 Å². The van der Waals surface area contributed by atoms with Crippen LogP contribution in [-0.4, -0.2) is 35.8 Å². The number of hydrogen-bond acceptors (Lipinski definition) is 2. The number of rotatable bonds is 0. The standard InChI is InChI=1S/C6H9N2O2.CH3.Y/c1-7(2)6(10)8-4-3-5(8)9;;/h4H,3H2,1-2H3;1H3;/q2*-1;. The third kappa shape index (κ3) is 2.83. The smallest absolute Gasteiger partial charge is 0.296 e. The maximum atomic E-state index is 10.9. The van der Waals surface area contributed by atoms with Crippen LogP contribution < -0.4 is 0 Å². The van der Waals surface area contributed by atoms with E-state index in [1.807, 2.05) is 0 Å². The molecule has 1 fully saturated rings. The number of imide groups is 1. The predicted octanol–water partition coefficient (Wildman–Crippen LogP) is 0.510. The molecule has 67 valence electrons. The summed E-state index contributed by atoms with van der Waals surface area (Å²) in [6.45, 7) is 1.57. The van der Waals surface area contributed by atoms with Crippen LogP contribution in [0.1, 0.15) is 6.42 Å². The Hall–Kier alpha value is 0.0439. The maximum absolute atomic E-state index is 10.9. The molecule has 1 radical (unpaired) electrons. The monoisotopic (exact) mass is 245 g/mol. The van der Waals surface area contributed by atoms with Gasteiger partial charge < -0.3 is 17.2 Å². The van der Waals surface area contributed by atoms with Crippen LogP contribution in [0, 0.1) is 14.0 Å². The van der Waals surface area contributed by atoms with Gasteiger partial charge in [-0.2, -0.15) is 0 Å². The molecule has 1 aliphatic heterocycles. The summed E-state index contributed by atoms with van der Waals surface area (Å²) in [6, 6.07) is -0.267. The molecule has 1 aliphatic rings. The first kappa shape index (κ1) is 14.6. The molecule has 0 bridgehead atoms. The van der Waals surface area contributed by atoms with Crippen LogP contribution in [-0.2, 0) is 37.5 Å². The Morgan fingerprint density at radius 1 is 1.58 bits per heavy atom. The molecule has 4 nitrogen and oxygen atoms in total. The number of hydrogen-bond donors (Lipinski definition) is 0. The molecule has 0 atom stereocenters. The van der Waals surface area contributed by atoms with Gasteiger partial charge in [-0.05, 0) is 0 Å². The number of β-lactam (4-membered cyclic amide) rings is 1. The number of likely N-dealkylation sites (tertiary alicyclic amines) is 1. The van der Waals surface area contributed by atoms with Crippen molar-refractivity contribution in [2.75, 3.05) is 14.1 Å². The van der Waals surface area contributed by atoms with E-state index in [1.54, 1.807) is 20.6 Å². The second-order valence-electron chi connectivity index (χ2n) is 2.33. The van der Waals surface area contributed by atoms with E-state index in [0.29, 0.717) is 6.42 Å². The number of urea groups is 1. The zero-order chi connectivity index (χ0) is 7.72.